The van der Waals surface area contributed by atoms with Crippen LogP contribution >= 0.6 is 0 Å². The van der Waals surface area contributed by atoms with Crippen molar-refractivity contribution in [2.45, 2.75) is 51.6 Å². The van der Waals surface area contributed by atoms with Crippen molar-refractivity contribution in [3.63, 3.8) is 0 Å². The SMILES string of the molecule is O=C1N[C@@H](c2ccccc2)CO1.[C-]#[N+]C[C@@H](CCC)C(=O)N1C(=O)OC[C@@H]1c1ccccc1.[C-]#[N+]C[C@@H](CCC)C(=O)O. The Hall–Kier alpha value is -4.90. The molecule has 2 saturated heterocycles. The highest BCUT2D eigenvalue weighted by Crippen LogP contribution is 2.30. The molecule has 0 aliphatic carbocycles. The van der Waals surface area contributed by atoms with Crippen LogP contribution in [-0.2, 0) is 19.1 Å². The molecule has 2 fully saturated rings. The summed E-state index contributed by atoms with van der Waals surface area (Å²) in [5.41, 5.74) is 1.96. The second kappa shape index (κ2) is 18.5. The van der Waals surface area contributed by atoms with Gasteiger partial charge >= 0.3 is 18.2 Å². The second-order valence-corrected chi connectivity index (χ2v) is 9.91. The van der Waals surface area contributed by atoms with Crippen molar-refractivity contribution in [2.75, 3.05) is 26.3 Å². The van der Waals surface area contributed by atoms with Gasteiger partial charge in [-0.05, 0) is 24.0 Å². The number of hydrogen-bond acceptors (Lipinski definition) is 6. The Kier molecular flexibility index (Phi) is 14.8. The first-order valence-corrected chi connectivity index (χ1v) is 14.2. The predicted octanol–water partition coefficient (Wildman–Crippen LogP) is 5.92. The molecule has 0 bridgehead atoms. The molecule has 0 aromatic heterocycles. The van der Waals surface area contributed by atoms with Crippen LogP contribution in [0.1, 0.15) is 62.7 Å². The van der Waals surface area contributed by atoms with E-state index in [1.807, 2.05) is 74.5 Å². The fourth-order valence-corrected chi connectivity index (χ4v) is 4.53. The average Bonchev–Trinajstić information content (AvgIpc) is 3.63. The number of aliphatic carboxylic acids is 1. The molecule has 2 aliphatic heterocycles. The molecule has 0 unspecified atom stereocenters. The van der Waals surface area contributed by atoms with Crippen LogP contribution in [0, 0.1) is 25.0 Å². The lowest BCUT2D eigenvalue weighted by atomic mass is 10.00. The summed E-state index contributed by atoms with van der Waals surface area (Å²) in [6.45, 7) is 18.1. The van der Waals surface area contributed by atoms with Gasteiger partial charge in [-0.2, -0.15) is 0 Å². The molecule has 2 aromatic rings. The van der Waals surface area contributed by atoms with E-state index in [0.29, 0.717) is 19.4 Å². The molecule has 2 N–H and O–H groups in total. The van der Waals surface area contributed by atoms with Gasteiger partial charge in [0.25, 0.3) is 0 Å². The summed E-state index contributed by atoms with van der Waals surface area (Å²) >= 11 is 0. The number of amides is 3. The van der Waals surface area contributed by atoms with Gasteiger partial charge in [-0.1, -0.05) is 87.4 Å². The lowest BCUT2D eigenvalue weighted by Gasteiger charge is -2.22. The largest absolute Gasteiger partial charge is 0.481 e. The zero-order chi connectivity index (χ0) is 31.6. The van der Waals surface area contributed by atoms with E-state index < -0.39 is 29.9 Å². The summed E-state index contributed by atoms with van der Waals surface area (Å²) in [5.74, 6) is -2.05. The summed E-state index contributed by atoms with van der Waals surface area (Å²) in [6, 6.07) is 18.8. The Morgan fingerprint density at radius 1 is 0.884 bits per heavy atom. The van der Waals surface area contributed by atoms with Crippen molar-refractivity contribution in [3.8, 4) is 0 Å². The standard InChI is InChI=1S/C16H18N2O3.C9H9NO2.C7H11NO2/c1-3-7-13(10-17-2)15(19)18-14(11-21-16(18)20)12-8-5-4-6-9-12;11-9-10-8(6-12-9)7-4-2-1-3-5-7;1-3-4-6(5-8-2)7(9)10/h4-6,8-9,13-14H,3,7,10-11H2,1H3;1-5,8H,6H2,(H,10,11);6H,3-5H2,1H3,(H,9,10)/t13-,14-;8-;6-/m111/s1. The summed E-state index contributed by atoms with van der Waals surface area (Å²) in [4.78, 5) is 53.1. The van der Waals surface area contributed by atoms with E-state index in [2.05, 4.69) is 15.0 Å². The number of carbonyl (C=O) groups excluding carboxylic acids is 3. The quantitative estimate of drug-likeness (QED) is 0.329. The Bertz CT molecular complexity index is 1270. The van der Waals surface area contributed by atoms with Crippen LogP contribution in [0.25, 0.3) is 9.69 Å². The van der Waals surface area contributed by atoms with Gasteiger partial charge in [0.15, 0.2) is 0 Å². The highest BCUT2D eigenvalue weighted by atomic mass is 16.6. The van der Waals surface area contributed by atoms with Crippen LogP contribution in [0.4, 0.5) is 9.59 Å². The zero-order valence-electron chi connectivity index (χ0n) is 24.5. The van der Waals surface area contributed by atoms with Crippen LogP contribution in [0.2, 0.25) is 0 Å². The van der Waals surface area contributed by atoms with Crippen LogP contribution in [0.5, 0.6) is 0 Å². The smallest absolute Gasteiger partial charge is 0.417 e. The number of nitrogens with one attached hydrogen (secondary N) is 1. The maximum absolute atomic E-state index is 12.6. The molecule has 2 heterocycles. The Balaban J connectivity index is 0.000000248. The molecule has 0 saturated carbocycles. The minimum atomic E-state index is -0.849. The molecule has 2 aromatic carbocycles. The lowest BCUT2D eigenvalue weighted by Crippen LogP contribution is -2.39. The van der Waals surface area contributed by atoms with Gasteiger partial charge in [-0.15, -0.1) is 0 Å². The Morgan fingerprint density at radius 3 is 1.91 bits per heavy atom. The van der Waals surface area contributed by atoms with Crippen molar-refractivity contribution >= 4 is 24.1 Å². The average molecular weight is 591 g/mol. The third kappa shape index (κ3) is 10.8. The minimum Gasteiger partial charge on any atom is -0.481 e. The number of alkyl carbamates (subject to hydrolysis) is 1. The van der Waals surface area contributed by atoms with Gasteiger partial charge in [0.2, 0.25) is 19.0 Å². The van der Waals surface area contributed by atoms with E-state index >= 15 is 0 Å². The van der Waals surface area contributed by atoms with Gasteiger partial charge in [-0.25, -0.2) is 27.6 Å². The van der Waals surface area contributed by atoms with E-state index in [1.54, 1.807) is 0 Å². The fourth-order valence-electron chi connectivity index (χ4n) is 4.53. The van der Waals surface area contributed by atoms with Crippen molar-refractivity contribution in [3.05, 3.63) is 94.6 Å². The summed E-state index contributed by atoms with van der Waals surface area (Å²) in [7, 11) is 0. The number of carbonyl (C=O) groups is 4. The van der Waals surface area contributed by atoms with Gasteiger partial charge < -0.3 is 29.6 Å². The number of benzene rings is 2. The third-order valence-electron chi connectivity index (χ3n) is 6.77. The summed E-state index contributed by atoms with van der Waals surface area (Å²) < 4.78 is 9.82. The molecule has 4 rings (SSSR count). The molecule has 3 amide bonds. The maximum atomic E-state index is 12.6. The first-order valence-electron chi connectivity index (χ1n) is 14.2. The topological polar surface area (TPSA) is 131 Å². The number of imide groups is 1. The summed E-state index contributed by atoms with van der Waals surface area (Å²) in [5, 5.41) is 11.2. The number of carboxylic acid groups (broad SMARTS) is 1. The molecule has 11 heteroatoms. The molecule has 0 radical (unpaired) electrons. The highest BCUT2D eigenvalue weighted by Gasteiger charge is 2.42. The third-order valence-corrected chi connectivity index (χ3v) is 6.77. The van der Waals surface area contributed by atoms with Crippen LogP contribution < -0.4 is 5.32 Å². The van der Waals surface area contributed by atoms with Gasteiger partial charge in [-0.3, -0.25) is 9.59 Å². The molecular formula is C32H38N4O7. The number of nitrogens with zero attached hydrogens (tertiary/aromatic N) is 3. The van der Waals surface area contributed by atoms with E-state index in [-0.39, 0.29) is 37.7 Å². The van der Waals surface area contributed by atoms with Crippen molar-refractivity contribution in [1.82, 2.24) is 10.2 Å². The lowest BCUT2D eigenvalue weighted by molar-refractivity contribution is -0.141. The van der Waals surface area contributed by atoms with Gasteiger partial charge in [0.05, 0.1) is 6.04 Å². The molecule has 4 atom stereocenters. The van der Waals surface area contributed by atoms with Crippen LogP contribution in [-0.4, -0.2) is 60.4 Å². The number of rotatable bonds is 10. The molecule has 0 spiro atoms. The summed E-state index contributed by atoms with van der Waals surface area (Å²) in [6.07, 6.45) is 1.89. The fraction of sp³-hybridized carbons (Fsp3) is 0.438. The first-order chi connectivity index (χ1) is 20.8. The maximum Gasteiger partial charge on any atom is 0.417 e. The normalized spacial score (nSPS) is 18.1. The molecular weight excluding hydrogens is 552 g/mol. The van der Waals surface area contributed by atoms with E-state index in [1.165, 1.54) is 4.90 Å². The molecule has 2 aliphatic rings. The van der Waals surface area contributed by atoms with Crippen molar-refractivity contribution in [2.24, 2.45) is 11.8 Å². The predicted molar refractivity (Wildman–Crippen MR) is 158 cm³/mol. The second-order valence-electron chi connectivity index (χ2n) is 9.91. The number of carboxylic acids is 1. The molecule has 43 heavy (non-hydrogen) atoms. The van der Waals surface area contributed by atoms with E-state index in [9.17, 15) is 19.2 Å². The van der Waals surface area contributed by atoms with Crippen molar-refractivity contribution in [1.29, 1.82) is 0 Å². The van der Waals surface area contributed by atoms with Crippen LogP contribution in [0.15, 0.2) is 60.7 Å². The zero-order valence-corrected chi connectivity index (χ0v) is 24.5. The molecule has 228 valence electrons. The number of cyclic esters (lactones) is 2. The number of ether oxygens (including phenoxy) is 2. The van der Waals surface area contributed by atoms with Crippen molar-refractivity contribution < 1.29 is 33.8 Å². The van der Waals surface area contributed by atoms with E-state index in [0.717, 1.165) is 24.0 Å². The highest BCUT2D eigenvalue weighted by molar-refractivity contribution is 5.95. The van der Waals surface area contributed by atoms with Gasteiger partial charge in [0, 0.05) is 0 Å². The van der Waals surface area contributed by atoms with E-state index in [4.69, 9.17) is 27.7 Å². The van der Waals surface area contributed by atoms with Gasteiger partial charge in [0.1, 0.15) is 31.1 Å². The Morgan fingerprint density at radius 2 is 1.42 bits per heavy atom. The minimum absolute atomic E-state index is 0.0266. The molecule has 11 nitrogen and oxygen atoms in total. The monoisotopic (exact) mass is 590 g/mol. The first kappa shape index (κ1) is 34.3. The van der Waals surface area contributed by atoms with Crippen LogP contribution in [0.3, 0.4) is 0 Å². The Labute approximate surface area is 252 Å². The number of hydrogen-bond donors (Lipinski definition) is 2.